The number of aromatic nitrogens is 2. The molecule has 136 valence electrons. The maximum atomic E-state index is 5.90. The van der Waals surface area contributed by atoms with Gasteiger partial charge in [-0.2, -0.15) is 0 Å². The molecule has 26 heavy (non-hydrogen) atoms. The Morgan fingerprint density at radius 1 is 1.12 bits per heavy atom. The first-order valence-electron chi connectivity index (χ1n) is 8.68. The fourth-order valence-corrected chi connectivity index (χ4v) is 4.72. The number of rotatable bonds is 6. The van der Waals surface area contributed by atoms with Gasteiger partial charge in [-0.25, -0.2) is 15.0 Å². The molecule has 0 saturated heterocycles. The van der Waals surface area contributed by atoms with Crippen molar-refractivity contribution in [1.82, 2.24) is 9.55 Å². The monoisotopic (exact) mass is 384 g/mol. The van der Waals surface area contributed by atoms with Gasteiger partial charge in [0.25, 0.3) is 0 Å². The van der Waals surface area contributed by atoms with Gasteiger partial charge in [-0.1, -0.05) is 18.2 Å². The second-order valence-electron chi connectivity index (χ2n) is 7.36. The molecule has 0 amide bonds. The van der Waals surface area contributed by atoms with E-state index in [1.165, 1.54) is 25.9 Å². The Kier molecular flexibility index (Phi) is 4.78. The highest BCUT2D eigenvalue weighted by Gasteiger charge is 2.11. The van der Waals surface area contributed by atoms with Crippen LogP contribution in [-0.2, 0) is 11.5 Å². The average molecular weight is 385 g/mol. The SMILES string of the molecule is CS(C)(C)CCOCn1ccc2c(-c3cc4ccccc4s3)ccnc21. The fourth-order valence-electron chi connectivity index (χ4n) is 3.00. The summed E-state index contributed by atoms with van der Waals surface area (Å²) in [6.07, 6.45) is 10.9. The van der Waals surface area contributed by atoms with Crippen LogP contribution in [-0.4, -0.2) is 40.7 Å². The molecule has 0 aliphatic heterocycles. The van der Waals surface area contributed by atoms with Crippen LogP contribution in [0.3, 0.4) is 0 Å². The first-order chi connectivity index (χ1) is 12.5. The molecule has 3 aromatic heterocycles. The molecule has 4 aromatic rings. The third-order valence-electron chi connectivity index (χ3n) is 4.42. The Bertz CT molecular complexity index is 1010. The lowest BCUT2D eigenvalue weighted by molar-refractivity contribution is 0.0924. The summed E-state index contributed by atoms with van der Waals surface area (Å²) in [7, 11) is -0.512. The maximum absolute atomic E-state index is 5.90. The summed E-state index contributed by atoms with van der Waals surface area (Å²) < 4.78 is 9.32. The molecule has 5 heteroatoms. The van der Waals surface area contributed by atoms with Crippen LogP contribution in [0.1, 0.15) is 0 Å². The van der Waals surface area contributed by atoms with Gasteiger partial charge in [0.15, 0.2) is 0 Å². The van der Waals surface area contributed by atoms with Crippen LogP contribution >= 0.6 is 21.4 Å². The molecule has 0 spiro atoms. The van der Waals surface area contributed by atoms with Crippen LogP contribution in [0.2, 0.25) is 0 Å². The second-order valence-corrected chi connectivity index (χ2v) is 13.0. The van der Waals surface area contributed by atoms with Crippen LogP contribution in [0.15, 0.2) is 54.9 Å². The number of pyridine rings is 1. The van der Waals surface area contributed by atoms with Gasteiger partial charge >= 0.3 is 0 Å². The lowest BCUT2D eigenvalue weighted by Gasteiger charge is -2.24. The molecular formula is C21H24N2OS2. The Morgan fingerprint density at radius 3 is 2.77 bits per heavy atom. The van der Waals surface area contributed by atoms with Crippen molar-refractivity contribution in [1.29, 1.82) is 0 Å². The van der Waals surface area contributed by atoms with Crippen molar-refractivity contribution in [3.8, 4) is 10.4 Å². The van der Waals surface area contributed by atoms with Crippen molar-refractivity contribution in [2.24, 2.45) is 0 Å². The molecule has 0 aliphatic rings. The van der Waals surface area contributed by atoms with Gasteiger partial charge < -0.3 is 9.30 Å². The Balaban J connectivity index is 1.61. The highest BCUT2D eigenvalue weighted by Crippen LogP contribution is 2.37. The molecule has 0 N–H and O–H groups in total. The highest BCUT2D eigenvalue weighted by molar-refractivity contribution is 8.32. The first kappa shape index (κ1) is 17.6. The van der Waals surface area contributed by atoms with E-state index < -0.39 is 10.0 Å². The lowest BCUT2D eigenvalue weighted by Crippen LogP contribution is -2.09. The highest BCUT2D eigenvalue weighted by atomic mass is 32.3. The molecule has 0 unspecified atom stereocenters. The summed E-state index contributed by atoms with van der Waals surface area (Å²) in [6, 6.07) is 15.1. The number of nitrogens with zero attached hydrogens (tertiary/aromatic N) is 2. The zero-order valence-corrected chi connectivity index (χ0v) is 17.1. The smallest absolute Gasteiger partial charge is 0.142 e. The van der Waals surface area contributed by atoms with Gasteiger partial charge in [0.1, 0.15) is 12.4 Å². The van der Waals surface area contributed by atoms with E-state index in [9.17, 15) is 0 Å². The topological polar surface area (TPSA) is 27.1 Å². The summed E-state index contributed by atoms with van der Waals surface area (Å²) >= 11 is 1.83. The van der Waals surface area contributed by atoms with Gasteiger partial charge in [-0.05, 0) is 48.4 Å². The quantitative estimate of drug-likeness (QED) is 0.405. The number of benzene rings is 1. The summed E-state index contributed by atoms with van der Waals surface area (Å²) in [5.74, 6) is 1.13. The molecule has 0 radical (unpaired) electrons. The van der Waals surface area contributed by atoms with Crippen molar-refractivity contribution in [2.75, 3.05) is 31.1 Å². The molecule has 0 aliphatic carbocycles. The summed E-state index contributed by atoms with van der Waals surface area (Å²) in [6.45, 7) is 1.36. The third-order valence-corrected chi connectivity index (χ3v) is 6.96. The summed E-state index contributed by atoms with van der Waals surface area (Å²) in [5, 5.41) is 2.48. The van der Waals surface area contributed by atoms with E-state index in [0.717, 1.165) is 18.0 Å². The Morgan fingerprint density at radius 2 is 1.96 bits per heavy atom. The fraction of sp³-hybridized carbons (Fsp3) is 0.286. The minimum Gasteiger partial charge on any atom is -0.360 e. The van der Waals surface area contributed by atoms with Crippen molar-refractivity contribution >= 4 is 42.5 Å². The average Bonchev–Trinajstić information content (AvgIpc) is 3.21. The normalized spacial score (nSPS) is 12.9. The first-order valence-corrected chi connectivity index (χ1v) is 12.5. The molecule has 3 heterocycles. The van der Waals surface area contributed by atoms with Crippen molar-refractivity contribution < 1.29 is 4.74 Å². The molecule has 0 saturated carbocycles. The maximum Gasteiger partial charge on any atom is 0.142 e. The Hall–Kier alpha value is -1.82. The van der Waals surface area contributed by atoms with E-state index in [4.69, 9.17) is 4.74 Å². The lowest BCUT2D eigenvalue weighted by atomic mass is 10.1. The zero-order chi connectivity index (χ0) is 18.1. The molecule has 1 aromatic carbocycles. The van der Waals surface area contributed by atoms with Gasteiger partial charge in [0.05, 0.1) is 6.61 Å². The van der Waals surface area contributed by atoms with Gasteiger partial charge in [0, 0.05) is 38.7 Å². The van der Waals surface area contributed by atoms with E-state index in [0.29, 0.717) is 6.73 Å². The standard InChI is InChI=1S/C21H24N2OS2/c1-26(2,3)13-12-24-15-23-11-9-18-17(8-10-22-21(18)23)20-14-16-6-4-5-7-19(16)25-20/h4-11,14H,12-13,15H2,1-3H3. The minimum atomic E-state index is -0.512. The number of thiophene rings is 1. The van der Waals surface area contributed by atoms with Crippen molar-refractivity contribution in [3.63, 3.8) is 0 Å². The largest absolute Gasteiger partial charge is 0.360 e. The zero-order valence-electron chi connectivity index (χ0n) is 15.4. The molecule has 0 atom stereocenters. The van der Waals surface area contributed by atoms with Crippen LogP contribution < -0.4 is 0 Å². The van der Waals surface area contributed by atoms with Crippen LogP contribution in [0.4, 0.5) is 0 Å². The summed E-state index contributed by atoms with van der Waals surface area (Å²) in [4.78, 5) is 5.89. The van der Waals surface area contributed by atoms with Crippen molar-refractivity contribution in [3.05, 3.63) is 54.9 Å². The molecule has 0 fully saturated rings. The molecule has 0 bridgehead atoms. The van der Waals surface area contributed by atoms with Crippen molar-refractivity contribution in [2.45, 2.75) is 6.73 Å². The van der Waals surface area contributed by atoms with Crippen LogP contribution in [0.5, 0.6) is 0 Å². The van der Waals surface area contributed by atoms with Gasteiger partial charge in [0.2, 0.25) is 0 Å². The van der Waals surface area contributed by atoms with E-state index in [2.05, 4.69) is 77.0 Å². The van der Waals surface area contributed by atoms with E-state index in [-0.39, 0.29) is 0 Å². The van der Waals surface area contributed by atoms with E-state index >= 15 is 0 Å². The Labute approximate surface area is 159 Å². The van der Waals surface area contributed by atoms with Gasteiger partial charge in [-0.15, -0.1) is 11.3 Å². The molecular weight excluding hydrogens is 360 g/mol. The van der Waals surface area contributed by atoms with E-state index in [1.807, 2.05) is 17.5 Å². The predicted octanol–water partition coefficient (Wildman–Crippen LogP) is 5.59. The number of ether oxygens (including phenoxy) is 1. The minimum absolute atomic E-state index is 0.512. The summed E-state index contributed by atoms with van der Waals surface area (Å²) in [5.41, 5.74) is 2.23. The number of hydrogen-bond donors (Lipinski definition) is 0. The second kappa shape index (κ2) is 7.06. The molecule has 4 rings (SSSR count). The van der Waals surface area contributed by atoms with Crippen LogP contribution in [0.25, 0.3) is 31.6 Å². The van der Waals surface area contributed by atoms with Gasteiger partial charge in [-0.3, -0.25) is 0 Å². The van der Waals surface area contributed by atoms with E-state index in [1.54, 1.807) is 0 Å². The molecule has 3 nitrogen and oxygen atoms in total. The number of fused-ring (bicyclic) bond motifs is 2. The number of hydrogen-bond acceptors (Lipinski definition) is 3. The van der Waals surface area contributed by atoms with Crippen LogP contribution in [0, 0.1) is 0 Å². The predicted molar refractivity (Wildman–Crippen MR) is 117 cm³/mol. The third kappa shape index (κ3) is 3.65.